The number of fused-ring (bicyclic) bond motifs is 2. The second-order valence-electron chi connectivity index (χ2n) is 11.6. The minimum absolute atomic E-state index is 0.0515. The van der Waals surface area contributed by atoms with Gasteiger partial charge in [0.15, 0.2) is 12.6 Å². The molecule has 8 nitrogen and oxygen atoms in total. The Morgan fingerprint density at radius 1 is 1.02 bits per heavy atom. The standard InChI is InChI=1S/C33H45NO7.C2H6/c1-2-3-5-12-25(36)14-15-26-27-16-23-11-8-13-31(28(23)17-24(27)18-30(26)37)40-21-32(38)34-29(19-35)33(39)41-20-22-9-6-4-7-10-22;1-2/h4,6-11,13,24-27,29-30,35-37H,2-3,5,12,14-21H2,1H3,(H,34,38);1-2H3/t24?,25?,26?,27?,29-,30+;/m0./s1. The minimum Gasteiger partial charge on any atom is -0.483 e. The lowest BCUT2D eigenvalue weighted by Crippen LogP contribution is -2.46. The molecule has 2 aliphatic rings. The fourth-order valence-electron chi connectivity index (χ4n) is 6.49. The maximum Gasteiger partial charge on any atom is 0.331 e. The van der Waals surface area contributed by atoms with Gasteiger partial charge >= 0.3 is 5.97 Å². The van der Waals surface area contributed by atoms with Crippen molar-refractivity contribution in [1.82, 2.24) is 5.32 Å². The van der Waals surface area contributed by atoms with Gasteiger partial charge in [0.1, 0.15) is 12.4 Å². The Kier molecular flexibility index (Phi) is 14.5. The highest BCUT2D eigenvalue weighted by molar-refractivity contribution is 5.85. The summed E-state index contributed by atoms with van der Waals surface area (Å²) in [6.07, 6.45) is 7.40. The number of hydrogen-bond acceptors (Lipinski definition) is 7. The highest BCUT2D eigenvalue weighted by Gasteiger charge is 2.44. The molecule has 43 heavy (non-hydrogen) atoms. The largest absolute Gasteiger partial charge is 0.483 e. The molecular formula is C35H51NO7. The first-order chi connectivity index (χ1) is 20.9. The number of aliphatic hydroxyl groups excluding tert-OH is 3. The van der Waals surface area contributed by atoms with Gasteiger partial charge in [-0.1, -0.05) is 82.5 Å². The summed E-state index contributed by atoms with van der Waals surface area (Å²) in [5, 5.41) is 33.5. The molecule has 0 aliphatic heterocycles. The average Bonchev–Trinajstić information content (AvgIpc) is 3.34. The van der Waals surface area contributed by atoms with Crippen LogP contribution in [0.2, 0.25) is 0 Å². The van der Waals surface area contributed by atoms with Crippen molar-refractivity contribution in [2.45, 2.75) is 103 Å². The van der Waals surface area contributed by atoms with Crippen molar-refractivity contribution >= 4 is 11.9 Å². The molecule has 0 heterocycles. The van der Waals surface area contributed by atoms with Crippen molar-refractivity contribution < 1.29 is 34.4 Å². The van der Waals surface area contributed by atoms with E-state index in [0.29, 0.717) is 17.6 Å². The normalized spacial score (nSPS) is 21.8. The van der Waals surface area contributed by atoms with Crippen LogP contribution in [0.15, 0.2) is 48.5 Å². The van der Waals surface area contributed by atoms with Crippen LogP contribution in [0.4, 0.5) is 0 Å². The summed E-state index contributed by atoms with van der Waals surface area (Å²) < 4.78 is 11.1. The van der Waals surface area contributed by atoms with E-state index in [1.54, 1.807) is 0 Å². The van der Waals surface area contributed by atoms with E-state index in [1.165, 1.54) is 5.56 Å². The number of benzene rings is 2. The van der Waals surface area contributed by atoms with Gasteiger partial charge in [-0.05, 0) is 79.0 Å². The molecule has 0 aromatic heterocycles. The number of hydrogen-bond donors (Lipinski definition) is 4. The van der Waals surface area contributed by atoms with E-state index in [1.807, 2.05) is 56.3 Å². The van der Waals surface area contributed by atoms with Crippen molar-refractivity contribution in [2.75, 3.05) is 13.2 Å². The van der Waals surface area contributed by atoms with Crippen LogP contribution < -0.4 is 10.1 Å². The lowest BCUT2D eigenvalue weighted by atomic mass is 9.73. The molecule has 1 saturated carbocycles. The van der Waals surface area contributed by atoms with Crippen molar-refractivity contribution in [3.05, 3.63) is 65.2 Å². The maximum absolute atomic E-state index is 12.6. The zero-order valence-corrected chi connectivity index (χ0v) is 26.0. The predicted molar refractivity (Wildman–Crippen MR) is 166 cm³/mol. The molecule has 1 amide bonds. The van der Waals surface area contributed by atoms with Crippen LogP contribution >= 0.6 is 0 Å². The third-order valence-corrected chi connectivity index (χ3v) is 8.71. The van der Waals surface area contributed by atoms with E-state index in [9.17, 15) is 24.9 Å². The Labute approximate surface area is 256 Å². The Balaban J connectivity index is 0.00000248. The minimum atomic E-state index is -1.18. The number of carbonyl (C=O) groups is 2. The van der Waals surface area contributed by atoms with Crippen LogP contribution in [-0.2, 0) is 33.8 Å². The topological polar surface area (TPSA) is 125 Å². The summed E-state index contributed by atoms with van der Waals surface area (Å²) in [4.78, 5) is 25.0. The quantitative estimate of drug-likeness (QED) is 0.173. The van der Waals surface area contributed by atoms with Crippen LogP contribution in [0.5, 0.6) is 5.75 Å². The third kappa shape index (κ3) is 10.1. The number of esters is 1. The third-order valence-electron chi connectivity index (χ3n) is 8.71. The smallest absolute Gasteiger partial charge is 0.331 e. The number of carbonyl (C=O) groups excluding carboxylic acids is 2. The van der Waals surface area contributed by atoms with E-state index >= 15 is 0 Å². The lowest BCUT2D eigenvalue weighted by molar-refractivity contribution is -0.150. The van der Waals surface area contributed by atoms with Crippen LogP contribution in [-0.4, -0.2) is 58.7 Å². The molecule has 238 valence electrons. The van der Waals surface area contributed by atoms with Gasteiger partial charge < -0.3 is 30.1 Å². The first kappa shape index (κ1) is 34.5. The molecular weight excluding hydrogens is 546 g/mol. The molecule has 1 fully saturated rings. The van der Waals surface area contributed by atoms with Gasteiger partial charge in [0.2, 0.25) is 0 Å². The lowest BCUT2D eigenvalue weighted by Gasteiger charge is -2.32. The molecule has 4 N–H and O–H groups in total. The number of nitrogens with one attached hydrogen (secondary N) is 1. The highest BCUT2D eigenvalue weighted by Crippen LogP contribution is 2.48. The second kappa shape index (κ2) is 18.0. The predicted octanol–water partition coefficient (Wildman–Crippen LogP) is 4.75. The number of ether oxygens (including phenoxy) is 2. The number of rotatable bonds is 15. The molecule has 4 unspecified atom stereocenters. The monoisotopic (exact) mass is 597 g/mol. The fourth-order valence-corrected chi connectivity index (χ4v) is 6.49. The van der Waals surface area contributed by atoms with Gasteiger partial charge in [-0.3, -0.25) is 4.79 Å². The van der Waals surface area contributed by atoms with E-state index in [2.05, 4.69) is 18.3 Å². The van der Waals surface area contributed by atoms with Gasteiger partial charge in [-0.25, -0.2) is 4.79 Å². The molecule has 8 heteroatoms. The van der Waals surface area contributed by atoms with Gasteiger partial charge in [0, 0.05) is 0 Å². The number of aliphatic hydroxyl groups is 3. The molecule has 4 rings (SSSR count). The van der Waals surface area contributed by atoms with Crippen LogP contribution in [0.25, 0.3) is 0 Å². The molecule has 2 aromatic rings. The first-order valence-electron chi connectivity index (χ1n) is 16.1. The van der Waals surface area contributed by atoms with E-state index in [0.717, 1.165) is 68.9 Å². The molecule has 0 spiro atoms. The van der Waals surface area contributed by atoms with Crippen LogP contribution in [0, 0.1) is 17.8 Å². The van der Waals surface area contributed by atoms with E-state index < -0.39 is 24.5 Å². The first-order valence-corrected chi connectivity index (χ1v) is 16.1. The summed E-state index contributed by atoms with van der Waals surface area (Å²) in [6.45, 7) is 5.33. The van der Waals surface area contributed by atoms with Gasteiger partial charge in [-0.15, -0.1) is 0 Å². The van der Waals surface area contributed by atoms with Crippen molar-refractivity contribution in [3.8, 4) is 5.75 Å². The Morgan fingerprint density at radius 2 is 1.79 bits per heavy atom. The number of unbranched alkanes of at least 4 members (excludes halogenated alkanes) is 2. The summed E-state index contributed by atoms with van der Waals surface area (Å²) in [6, 6.07) is 13.9. The zero-order valence-electron chi connectivity index (χ0n) is 26.0. The Morgan fingerprint density at radius 3 is 2.51 bits per heavy atom. The van der Waals surface area contributed by atoms with Crippen LogP contribution in [0.1, 0.15) is 82.4 Å². The molecule has 0 radical (unpaired) electrons. The summed E-state index contributed by atoms with van der Waals surface area (Å²) in [5.74, 6) is 0.271. The van der Waals surface area contributed by atoms with Gasteiger partial charge in [0.05, 0.1) is 18.8 Å². The Bertz CT molecular complexity index is 1120. The van der Waals surface area contributed by atoms with E-state index in [-0.39, 0.29) is 31.3 Å². The maximum atomic E-state index is 12.6. The molecule has 0 bridgehead atoms. The summed E-state index contributed by atoms with van der Waals surface area (Å²) in [7, 11) is 0. The van der Waals surface area contributed by atoms with E-state index in [4.69, 9.17) is 9.47 Å². The average molecular weight is 598 g/mol. The van der Waals surface area contributed by atoms with Crippen molar-refractivity contribution in [3.63, 3.8) is 0 Å². The van der Waals surface area contributed by atoms with Crippen molar-refractivity contribution in [1.29, 1.82) is 0 Å². The fraction of sp³-hybridized carbons (Fsp3) is 0.600. The SMILES string of the molecule is CC.CCCCCC(O)CCC1C2Cc3cccc(OCC(=O)N[C@@H](CO)C(=O)OCc4ccccc4)c3CC2C[C@H]1O. The summed E-state index contributed by atoms with van der Waals surface area (Å²) in [5.41, 5.74) is 3.05. The van der Waals surface area contributed by atoms with Gasteiger partial charge in [0.25, 0.3) is 5.91 Å². The van der Waals surface area contributed by atoms with Crippen LogP contribution in [0.3, 0.4) is 0 Å². The second-order valence-corrected chi connectivity index (χ2v) is 11.6. The Hall–Kier alpha value is -2.94. The molecule has 6 atom stereocenters. The highest BCUT2D eigenvalue weighted by atomic mass is 16.5. The summed E-state index contributed by atoms with van der Waals surface area (Å²) >= 11 is 0. The van der Waals surface area contributed by atoms with Gasteiger partial charge in [-0.2, -0.15) is 0 Å². The zero-order chi connectivity index (χ0) is 31.2. The molecule has 2 aromatic carbocycles. The molecule has 0 saturated heterocycles. The van der Waals surface area contributed by atoms with Crippen molar-refractivity contribution in [2.24, 2.45) is 17.8 Å². The molecule has 2 aliphatic carbocycles. The number of amides is 1.